The molecule has 64 valence electrons. The van der Waals surface area contributed by atoms with E-state index in [-0.39, 0.29) is 5.75 Å². The molecule has 0 atom stereocenters. The van der Waals surface area contributed by atoms with E-state index in [2.05, 4.69) is 5.32 Å². The number of hydrogen-bond donors (Lipinski definition) is 2. The Labute approximate surface area is 74.0 Å². The van der Waals surface area contributed by atoms with Gasteiger partial charge in [0.2, 0.25) is 0 Å². The highest BCUT2D eigenvalue weighted by molar-refractivity contribution is 7.18. The standard InChI is InChI=1S/C8H9NO2S/c10-4-6-7(11)5-2-1-3-9-8(5)12-6/h4,9,11H,1-3H2. The average Bonchev–Trinajstić information content (AvgIpc) is 2.44. The number of anilines is 1. The molecule has 0 aromatic carbocycles. The van der Waals surface area contributed by atoms with Crippen LogP contribution in [0.5, 0.6) is 5.75 Å². The molecular weight excluding hydrogens is 174 g/mol. The summed E-state index contributed by atoms with van der Waals surface area (Å²) in [4.78, 5) is 10.9. The number of nitrogens with one attached hydrogen (secondary N) is 1. The summed E-state index contributed by atoms with van der Waals surface area (Å²) in [5.74, 6) is 0.178. The maximum absolute atomic E-state index is 10.5. The lowest BCUT2D eigenvalue weighted by Gasteiger charge is -2.12. The molecule has 0 fully saturated rings. The van der Waals surface area contributed by atoms with Crippen LogP contribution in [0.3, 0.4) is 0 Å². The predicted molar refractivity (Wildman–Crippen MR) is 48.2 cm³/mol. The fourth-order valence-electron chi connectivity index (χ4n) is 1.40. The number of aldehydes is 1. The SMILES string of the molecule is O=Cc1sc2c(c1O)CCCN2. The van der Waals surface area contributed by atoms with Gasteiger partial charge in [0.05, 0.1) is 5.00 Å². The summed E-state index contributed by atoms with van der Waals surface area (Å²) in [6.07, 6.45) is 2.61. The number of rotatable bonds is 1. The van der Waals surface area contributed by atoms with E-state index in [0.29, 0.717) is 11.2 Å². The summed E-state index contributed by atoms with van der Waals surface area (Å²) < 4.78 is 0. The van der Waals surface area contributed by atoms with Crippen LogP contribution in [-0.4, -0.2) is 17.9 Å². The molecule has 0 saturated carbocycles. The average molecular weight is 183 g/mol. The van der Waals surface area contributed by atoms with Crippen molar-refractivity contribution in [3.05, 3.63) is 10.4 Å². The monoisotopic (exact) mass is 183 g/mol. The van der Waals surface area contributed by atoms with Crippen LogP contribution in [0, 0.1) is 0 Å². The van der Waals surface area contributed by atoms with Gasteiger partial charge >= 0.3 is 0 Å². The fourth-order valence-corrected chi connectivity index (χ4v) is 2.38. The fraction of sp³-hybridized carbons (Fsp3) is 0.375. The zero-order chi connectivity index (χ0) is 8.55. The quantitative estimate of drug-likeness (QED) is 0.650. The van der Waals surface area contributed by atoms with Crippen LogP contribution in [-0.2, 0) is 6.42 Å². The molecule has 2 N–H and O–H groups in total. The second-order valence-electron chi connectivity index (χ2n) is 2.77. The first kappa shape index (κ1) is 7.61. The largest absolute Gasteiger partial charge is 0.506 e. The summed E-state index contributed by atoms with van der Waals surface area (Å²) in [6, 6.07) is 0. The normalized spacial score (nSPS) is 15.0. The summed E-state index contributed by atoms with van der Waals surface area (Å²) in [5, 5.41) is 13.6. The van der Waals surface area contributed by atoms with Crippen LogP contribution in [0.15, 0.2) is 0 Å². The van der Waals surface area contributed by atoms with Gasteiger partial charge in [-0.1, -0.05) is 0 Å². The number of carbonyl (C=O) groups is 1. The molecule has 1 aliphatic heterocycles. The van der Waals surface area contributed by atoms with Crippen molar-refractivity contribution < 1.29 is 9.90 Å². The molecule has 0 saturated heterocycles. The van der Waals surface area contributed by atoms with Gasteiger partial charge in [-0.2, -0.15) is 0 Å². The van der Waals surface area contributed by atoms with Crippen LogP contribution < -0.4 is 5.32 Å². The van der Waals surface area contributed by atoms with Crippen molar-refractivity contribution in [3.63, 3.8) is 0 Å². The van der Waals surface area contributed by atoms with E-state index in [0.717, 1.165) is 30.0 Å². The Morgan fingerprint density at radius 1 is 1.58 bits per heavy atom. The van der Waals surface area contributed by atoms with Crippen LogP contribution in [0.25, 0.3) is 0 Å². The summed E-state index contributed by atoms with van der Waals surface area (Å²) in [5.41, 5.74) is 0.911. The predicted octanol–water partition coefficient (Wildman–Crippen LogP) is 1.62. The number of thiophene rings is 1. The van der Waals surface area contributed by atoms with Crippen LogP contribution in [0.1, 0.15) is 21.7 Å². The number of aromatic hydroxyl groups is 1. The summed E-state index contributed by atoms with van der Waals surface area (Å²) in [7, 11) is 0. The van der Waals surface area contributed by atoms with Gasteiger partial charge in [0, 0.05) is 12.1 Å². The first-order valence-electron chi connectivity index (χ1n) is 3.86. The first-order valence-corrected chi connectivity index (χ1v) is 4.68. The topological polar surface area (TPSA) is 49.3 Å². The zero-order valence-electron chi connectivity index (χ0n) is 6.46. The molecule has 2 heterocycles. The third kappa shape index (κ3) is 0.992. The second kappa shape index (κ2) is 2.79. The van der Waals surface area contributed by atoms with Crippen molar-refractivity contribution in [1.82, 2.24) is 0 Å². The Bertz CT molecular complexity index is 319. The minimum absolute atomic E-state index is 0.178. The molecule has 0 unspecified atom stereocenters. The van der Waals surface area contributed by atoms with E-state index >= 15 is 0 Å². The molecule has 2 rings (SSSR count). The van der Waals surface area contributed by atoms with E-state index in [1.54, 1.807) is 0 Å². The second-order valence-corrected chi connectivity index (χ2v) is 3.82. The Hall–Kier alpha value is -1.03. The molecule has 1 aromatic rings. The van der Waals surface area contributed by atoms with Crippen LogP contribution >= 0.6 is 11.3 Å². The van der Waals surface area contributed by atoms with Crippen molar-refractivity contribution in [2.45, 2.75) is 12.8 Å². The molecule has 1 aromatic heterocycles. The van der Waals surface area contributed by atoms with Gasteiger partial charge in [-0.3, -0.25) is 4.79 Å². The first-order chi connectivity index (χ1) is 5.83. The molecule has 0 spiro atoms. The van der Waals surface area contributed by atoms with Gasteiger partial charge in [-0.05, 0) is 12.8 Å². The summed E-state index contributed by atoms with van der Waals surface area (Å²) in [6.45, 7) is 0.936. The third-order valence-electron chi connectivity index (χ3n) is 2.00. The van der Waals surface area contributed by atoms with Gasteiger partial charge in [0.15, 0.2) is 6.29 Å². The number of hydrogen-bond acceptors (Lipinski definition) is 4. The number of carbonyl (C=O) groups excluding carboxylic acids is 1. The Balaban J connectivity index is 2.51. The van der Waals surface area contributed by atoms with Crippen LogP contribution in [0.4, 0.5) is 5.00 Å². The Morgan fingerprint density at radius 3 is 3.08 bits per heavy atom. The molecule has 0 aliphatic carbocycles. The van der Waals surface area contributed by atoms with Gasteiger partial charge in [-0.25, -0.2) is 0 Å². The lowest BCUT2D eigenvalue weighted by Crippen LogP contribution is -2.08. The minimum Gasteiger partial charge on any atom is -0.506 e. The smallest absolute Gasteiger partial charge is 0.163 e. The molecule has 0 radical (unpaired) electrons. The highest BCUT2D eigenvalue weighted by Gasteiger charge is 2.19. The Kier molecular flexibility index (Phi) is 1.77. The molecule has 12 heavy (non-hydrogen) atoms. The van der Waals surface area contributed by atoms with Gasteiger partial charge in [0.1, 0.15) is 10.6 Å². The Morgan fingerprint density at radius 2 is 2.42 bits per heavy atom. The van der Waals surface area contributed by atoms with Gasteiger partial charge < -0.3 is 10.4 Å². The highest BCUT2D eigenvalue weighted by atomic mass is 32.1. The molecule has 0 bridgehead atoms. The van der Waals surface area contributed by atoms with Crippen molar-refractivity contribution in [1.29, 1.82) is 0 Å². The van der Waals surface area contributed by atoms with E-state index < -0.39 is 0 Å². The van der Waals surface area contributed by atoms with Crippen LogP contribution in [0.2, 0.25) is 0 Å². The molecule has 3 nitrogen and oxygen atoms in total. The molecule has 4 heteroatoms. The van der Waals surface area contributed by atoms with E-state index in [4.69, 9.17) is 0 Å². The zero-order valence-corrected chi connectivity index (χ0v) is 7.28. The molecule has 0 amide bonds. The highest BCUT2D eigenvalue weighted by Crippen LogP contribution is 2.40. The minimum atomic E-state index is 0.178. The van der Waals surface area contributed by atoms with Gasteiger partial charge in [-0.15, -0.1) is 11.3 Å². The third-order valence-corrected chi connectivity index (χ3v) is 3.11. The maximum Gasteiger partial charge on any atom is 0.163 e. The van der Waals surface area contributed by atoms with E-state index in [1.165, 1.54) is 11.3 Å². The van der Waals surface area contributed by atoms with E-state index in [1.807, 2.05) is 0 Å². The van der Waals surface area contributed by atoms with Crippen molar-refractivity contribution in [2.75, 3.05) is 11.9 Å². The van der Waals surface area contributed by atoms with E-state index in [9.17, 15) is 9.90 Å². The lowest BCUT2D eigenvalue weighted by atomic mass is 10.1. The van der Waals surface area contributed by atoms with Crippen molar-refractivity contribution in [3.8, 4) is 5.75 Å². The van der Waals surface area contributed by atoms with Crippen molar-refractivity contribution in [2.24, 2.45) is 0 Å². The molecule has 1 aliphatic rings. The lowest BCUT2D eigenvalue weighted by molar-refractivity contribution is 0.112. The summed E-state index contributed by atoms with van der Waals surface area (Å²) >= 11 is 1.33. The molecular formula is C8H9NO2S. The van der Waals surface area contributed by atoms with Crippen molar-refractivity contribution >= 4 is 22.6 Å². The maximum atomic E-state index is 10.5. The number of fused-ring (bicyclic) bond motifs is 1. The van der Waals surface area contributed by atoms with Gasteiger partial charge in [0.25, 0.3) is 0 Å².